The Morgan fingerprint density at radius 1 is 1.03 bits per heavy atom. The predicted molar refractivity (Wildman–Crippen MR) is 124 cm³/mol. The number of nitrogens with zero attached hydrogens (tertiary/aromatic N) is 6. The van der Waals surface area contributed by atoms with Crippen LogP contribution in [0.5, 0.6) is 0 Å². The number of carbonyl (C=O) groups excluding carboxylic acids is 1. The lowest BCUT2D eigenvalue weighted by molar-refractivity contribution is -0.136. The van der Waals surface area contributed by atoms with E-state index in [-0.39, 0.29) is 11.8 Å². The van der Waals surface area contributed by atoms with E-state index >= 15 is 0 Å². The van der Waals surface area contributed by atoms with E-state index in [1.54, 1.807) is 0 Å². The Morgan fingerprint density at radius 2 is 1.84 bits per heavy atom. The average Bonchev–Trinajstić information content (AvgIpc) is 3.21. The molecule has 0 unspecified atom stereocenters. The second kappa shape index (κ2) is 8.41. The Balaban J connectivity index is 1.26. The molecule has 32 heavy (non-hydrogen) atoms. The maximum Gasteiger partial charge on any atom is 0.263 e. The zero-order chi connectivity index (χ0) is 22.2. The number of hydrogen-bond donors (Lipinski definition) is 0. The largest absolute Gasteiger partial charge is 0.368 e. The second-order valence-electron chi connectivity index (χ2n) is 9.03. The van der Waals surface area contributed by atoms with E-state index in [1.807, 2.05) is 6.92 Å². The van der Waals surface area contributed by atoms with Crippen molar-refractivity contribution in [3.8, 4) is 0 Å². The van der Waals surface area contributed by atoms with Gasteiger partial charge < -0.3 is 19.2 Å². The number of amides is 1. The fourth-order valence-electron chi connectivity index (χ4n) is 5.00. The van der Waals surface area contributed by atoms with Gasteiger partial charge in [-0.05, 0) is 50.8 Å². The summed E-state index contributed by atoms with van der Waals surface area (Å²) < 4.78 is 5.30. The smallest absolute Gasteiger partial charge is 0.263 e. The summed E-state index contributed by atoms with van der Waals surface area (Å²) in [5, 5.41) is 4.89. The van der Waals surface area contributed by atoms with Crippen molar-refractivity contribution in [3.05, 3.63) is 41.3 Å². The lowest BCUT2D eigenvalue weighted by atomic mass is 9.96. The molecule has 1 atom stereocenters. The number of anilines is 2. The van der Waals surface area contributed by atoms with Crippen molar-refractivity contribution >= 4 is 28.5 Å². The standard InChI is InChI=1S/C24H30N6O2/c1-16-6-7-17(2)20(13-16)28-9-11-29(12-10-28)24(31)19-5-4-8-30(14-19)22-21-18(3)27-32-23(21)26-15-25-22/h6-7,13,15,19H,4-5,8-12,14H2,1-3H3/t19-/m0/s1. The Bertz CT molecular complexity index is 1130. The molecule has 4 heterocycles. The van der Waals surface area contributed by atoms with Gasteiger partial charge in [0.2, 0.25) is 5.91 Å². The number of piperazine rings is 1. The fraction of sp³-hybridized carbons (Fsp3) is 0.500. The highest BCUT2D eigenvalue weighted by molar-refractivity contribution is 5.88. The van der Waals surface area contributed by atoms with Crippen LogP contribution in [-0.2, 0) is 4.79 Å². The summed E-state index contributed by atoms with van der Waals surface area (Å²) in [6.45, 7) is 11.0. The van der Waals surface area contributed by atoms with Gasteiger partial charge in [0.1, 0.15) is 17.5 Å². The third-order valence-electron chi connectivity index (χ3n) is 6.79. The number of aryl methyl sites for hydroxylation is 3. The van der Waals surface area contributed by atoms with E-state index in [0.717, 1.165) is 62.5 Å². The summed E-state index contributed by atoms with van der Waals surface area (Å²) in [5.74, 6) is 1.08. The third kappa shape index (κ3) is 3.78. The molecule has 0 spiro atoms. The van der Waals surface area contributed by atoms with Gasteiger partial charge in [-0.1, -0.05) is 17.3 Å². The summed E-state index contributed by atoms with van der Waals surface area (Å²) in [4.78, 5) is 28.7. The maximum absolute atomic E-state index is 13.4. The van der Waals surface area contributed by atoms with Crippen LogP contribution in [0.25, 0.3) is 11.1 Å². The zero-order valence-corrected chi connectivity index (χ0v) is 19.0. The summed E-state index contributed by atoms with van der Waals surface area (Å²) in [6, 6.07) is 6.58. The van der Waals surface area contributed by atoms with Gasteiger partial charge >= 0.3 is 0 Å². The van der Waals surface area contributed by atoms with E-state index in [9.17, 15) is 4.79 Å². The van der Waals surface area contributed by atoms with Crippen LogP contribution in [-0.4, -0.2) is 65.2 Å². The molecular formula is C24H30N6O2. The van der Waals surface area contributed by atoms with Crippen LogP contribution in [0, 0.1) is 26.7 Å². The van der Waals surface area contributed by atoms with Crippen molar-refractivity contribution in [2.24, 2.45) is 5.92 Å². The predicted octanol–water partition coefficient (Wildman–Crippen LogP) is 3.11. The number of carbonyl (C=O) groups is 1. The van der Waals surface area contributed by atoms with Gasteiger partial charge in [-0.25, -0.2) is 4.98 Å². The molecule has 2 aliphatic rings. The molecule has 0 N–H and O–H groups in total. The first-order valence-electron chi connectivity index (χ1n) is 11.4. The van der Waals surface area contributed by atoms with Crippen molar-refractivity contribution in [1.29, 1.82) is 0 Å². The molecule has 2 aromatic heterocycles. The molecule has 2 aliphatic heterocycles. The summed E-state index contributed by atoms with van der Waals surface area (Å²) in [6.07, 6.45) is 3.40. The van der Waals surface area contributed by atoms with Crippen LogP contribution in [0.3, 0.4) is 0 Å². The van der Waals surface area contributed by atoms with Crippen molar-refractivity contribution < 1.29 is 9.32 Å². The van der Waals surface area contributed by atoms with Crippen LogP contribution in [0.4, 0.5) is 11.5 Å². The second-order valence-corrected chi connectivity index (χ2v) is 9.03. The number of hydrogen-bond acceptors (Lipinski definition) is 7. The van der Waals surface area contributed by atoms with Gasteiger partial charge in [-0.3, -0.25) is 4.79 Å². The molecule has 0 radical (unpaired) electrons. The molecule has 0 saturated carbocycles. The molecule has 168 valence electrons. The van der Waals surface area contributed by atoms with Gasteiger partial charge in [-0.2, -0.15) is 4.98 Å². The number of rotatable bonds is 3. The minimum absolute atomic E-state index is 0.0128. The molecule has 0 bridgehead atoms. The summed E-state index contributed by atoms with van der Waals surface area (Å²) in [7, 11) is 0. The van der Waals surface area contributed by atoms with Crippen LogP contribution < -0.4 is 9.80 Å². The zero-order valence-electron chi connectivity index (χ0n) is 19.0. The number of fused-ring (bicyclic) bond motifs is 1. The van der Waals surface area contributed by atoms with Crippen molar-refractivity contribution in [3.63, 3.8) is 0 Å². The van der Waals surface area contributed by atoms with Crippen molar-refractivity contribution in [2.45, 2.75) is 33.6 Å². The van der Waals surface area contributed by atoms with Gasteiger partial charge in [0.25, 0.3) is 5.71 Å². The van der Waals surface area contributed by atoms with E-state index in [4.69, 9.17) is 4.52 Å². The highest BCUT2D eigenvalue weighted by atomic mass is 16.5. The normalized spacial score (nSPS) is 19.6. The minimum Gasteiger partial charge on any atom is -0.368 e. The molecule has 8 nitrogen and oxygen atoms in total. The number of aromatic nitrogens is 3. The van der Waals surface area contributed by atoms with E-state index in [1.165, 1.54) is 23.1 Å². The minimum atomic E-state index is -0.0128. The van der Waals surface area contributed by atoms with Crippen LogP contribution in [0.1, 0.15) is 29.7 Å². The fourth-order valence-corrected chi connectivity index (χ4v) is 5.00. The van der Waals surface area contributed by atoms with Gasteiger partial charge in [0.05, 0.1) is 11.6 Å². The Kier molecular flexibility index (Phi) is 5.45. The molecule has 0 aliphatic carbocycles. The molecule has 8 heteroatoms. The Labute approximate surface area is 188 Å². The van der Waals surface area contributed by atoms with Crippen LogP contribution in [0.15, 0.2) is 29.0 Å². The third-order valence-corrected chi connectivity index (χ3v) is 6.79. The van der Waals surface area contributed by atoms with Gasteiger partial charge in [0.15, 0.2) is 0 Å². The summed E-state index contributed by atoms with van der Waals surface area (Å²) >= 11 is 0. The molecule has 2 fully saturated rings. The maximum atomic E-state index is 13.4. The topological polar surface area (TPSA) is 78.6 Å². The van der Waals surface area contributed by atoms with Crippen LogP contribution >= 0.6 is 0 Å². The van der Waals surface area contributed by atoms with E-state index in [0.29, 0.717) is 12.3 Å². The Hall–Kier alpha value is -3.16. The number of piperidine rings is 1. The van der Waals surface area contributed by atoms with E-state index in [2.05, 4.69) is 61.9 Å². The highest BCUT2D eigenvalue weighted by Gasteiger charge is 2.32. The SMILES string of the molecule is Cc1ccc(C)c(N2CCN(C(=O)[C@H]3CCCN(c4ncnc5onc(C)c45)C3)CC2)c1. The van der Waals surface area contributed by atoms with Crippen molar-refractivity contribution in [1.82, 2.24) is 20.0 Å². The lowest BCUT2D eigenvalue weighted by Gasteiger charge is -2.40. The van der Waals surface area contributed by atoms with Gasteiger partial charge in [-0.15, -0.1) is 0 Å². The number of benzene rings is 1. The monoisotopic (exact) mass is 434 g/mol. The van der Waals surface area contributed by atoms with Crippen LogP contribution in [0.2, 0.25) is 0 Å². The average molecular weight is 435 g/mol. The molecular weight excluding hydrogens is 404 g/mol. The molecule has 1 amide bonds. The summed E-state index contributed by atoms with van der Waals surface area (Å²) in [5.41, 5.74) is 5.14. The molecule has 2 saturated heterocycles. The highest BCUT2D eigenvalue weighted by Crippen LogP contribution is 2.30. The van der Waals surface area contributed by atoms with Crippen molar-refractivity contribution in [2.75, 3.05) is 49.1 Å². The first-order chi connectivity index (χ1) is 15.5. The molecule has 5 rings (SSSR count). The Morgan fingerprint density at radius 3 is 2.66 bits per heavy atom. The lowest BCUT2D eigenvalue weighted by Crippen LogP contribution is -2.52. The quantitative estimate of drug-likeness (QED) is 0.627. The first kappa shape index (κ1) is 20.7. The first-order valence-corrected chi connectivity index (χ1v) is 11.4. The molecule has 1 aromatic carbocycles. The van der Waals surface area contributed by atoms with E-state index < -0.39 is 0 Å². The molecule has 3 aromatic rings. The van der Waals surface area contributed by atoms with Gasteiger partial charge in [0, 0.05) is 45.0 Å².